The van der Waals surface area contributed by atoms with Gasteiger partial charge in [0.25, 0.3) is 20.4 Å². The number of halogens is 8. The summed E-state index contributed by atoms with van der Waals surface area (Å²) in [6.45, 7) is 0.413. The summed E-state index contributed by atoms with van der Waals surface area (Å²) in [6.07, 6.45) is 5.93. The number of thiazole rings is 3. The maximum Gasteiger partial charge on any atom is 0.338 e. The van der Waals surface area contributed by atoms with Crippen molar-refractivity contribution in [3.05, 3.63) is 189 Å². The number of amidine groups is 3. The monoisotopic (exact) mass is 1480 g/mol. The Kier molecular flexibility index (Phi) is 21.6. The molecule has 98 heavy (non-hydrogen) atoms. The maximum absolute atomic E-state index is 14.8. The van der Waals surface area contributed by atoms with E-state index in [1.54, 1.807) is 37.0 Å². The summed E-state index contributed by atoms with van der Waals surface area (Å²) in [6, 6.07) is 0.871. The van der Waals surface area contributed by atoms with E-state index in [0.29, 0.717) is 37.9 Å². The molecule has 12 rings (SSSR count). The summed E-state index contributed by atoms with van der Waals surface area (Å²) < 4.78 is 211. The van der Waals surface area contributed by atoms with Gasteiger partial charge < -0.3 is 28.9 Å². The predicted molar refractivity (Wildman–Crippen MR) is 340 cm³/mol. The van der Waals surface area contributed by atoms with E-state index < -0.39 is 131 Å². The normalized spacial score (nSPS) is 20.8. The largest absolute Gasteiger partial charge is 0.466 e. The summed E-state index contributed by atoms with van der Waals surface area (Å²) in [5.41, 5.74) is 0.254. The summed E-state index contributed by atoms with van der Waals surface area (Å²) in [5, 5.41) is 6.47. The quantitative estimate of drug-likeness (QED) is 0.0376. The summed E-state index contributed by atoms with van der Waals surface area (Å²) in [5.74, 6) is -12.3. The van der Waals surface area contributed by atoms with Crippen molar-refractivity contribution >= 4 is 99.9 Å². The highest BCUT2D eigenvalue weighted by Crippen LogP contribution is 2.46. The Morgan fingerprint density at radius 2 is 0.867 bits per heavy atom. The van der Waals surface area contributed by atoms with Gasteiger partial charge in [0, 0.05) is 153 Å². The Labute approximate surface area is 566 Å². The van der Waals surface area contributed by atoms with Gasteiger partial charge in [0.05, 0.1) is 44.3 Å². The van der Waals surface area contributed by atoms with Crippen molar-refractivity contribution in [1.82, 2.24) is 52.8 Å². The Morgan fingerprint density at radius 1 is 0.510 bits per heavy atom. The predicted octanol–water partition coefficient (Wildman–Crippen LogP) is 5.55. The molecule has 3 fully saturated rings. The van der Waals surface area contributed by atoms with Gasteiger partial charge in [-0.3, -0.25) is 15.0 Å². The van der Waals surface area contributed by atoms with Crippen molar-refractivity contribution in [3.8, 4) is 0 Å². The van der Waals surface area contributed by atoms with Gasteiger partial charge in [0.1, 0.15) is 29.8 Å². The summed E-state index contributed by atoms with van der Waals surface area (Å²) in [4.78, 5) is 69.5. The molecule has 3 saturated heterocycles. The Bertz CT molecular complexity index is 4680. The smallest absolute Gasteiger partial charge is 0.338 e. The number of nitrogens with one attached hydrogen (secondary N) is 4. The first-order chi connectivity index (χ1) is 46.4. The molecule has 4 N–H and O–H groups in total. The minimum absolute atomic E-state index is 0.00234. The van der Waals surface area contributed by atoms with Gasteiger partial charge in [-0.05, 0) is 18.2 Å². The van der Waals surface area contributed by atoms with E-state index >= 15 is 0 Å². The zero-order valence-electron chi connectivity index (χ0n) is 52.1. The fraction of sp³-hybridized carbons (Fsp3) is 0.328. The molecule has 6 atom stereocenters. The molecule has 40 heteroatoms. The molecular formula is C58H56F8N14O12S6. The van der Waals surface area contributed by atoms with Crippen molar-refractivity contribution in [1.29, 1.82) is 0 Å². The van der Waals surface area contributed by atoms with Gasteiger partial charge in [0.2, 0.25) is 10.0 Å². The molecule has 0 bridgehead atoms. The van der Waals surface area contributed by atoms with Crippen molar-refractivity contribution in [2.75, 3.05) is 68.4 Å². The number of fused-ring (bicyclic) bond motifs is 3. The Hall–Kier alpha value is -8.32. The standard InChI is InChI=1S/C20H20F3N5O4S2.C19H18F3N5O4S2.C19H18F2N4O4S2/c1-27(2)34(30,31)26-10-8-13-14(20(29)32-3)17(11-4-5-12(21)16(23)15(11)22)25-18(28(13)9-10)19-24-6-7-33-19;1-23-33(29,30)26-9-7-12-13(19(28)31-2)16(10-3-4-11(20)15(22)14(10)21)25-17(27(12)8-9)18-24-5-6-32-18;1-29-19(26)15-14-8-11(24-31(2,27)28)9-25(14)17(18-22-5-6-30-18)23-16(15)12-4-3-10(20)7-13(12)21/h4-7,10,17,26H,8-9H2,1-3H3;3-6,9,16,23,26H,7-8H2,1-2H3;3-7,11,16,24H,8-9H2,1-2H3/t10-,17-;9-,16-;11-,16-/m000/s1. The van der Waals surface area contributed by atoms with Gasteiger partial charge in [-0.2, -0.15) is 30.6 Å². The first-order valence-corrected chi connectivity index (χ1v) is 36.1. The minimum atomic E-state index is -3.81. The number of carbonyl (C=O) groups excluding carboxylic acids is 3. The van der Waals surface area contributed by atoms with Crippen molar-refractivity contribution in [2.24, 2.45) is 15.0 Å². The van der Waals surface area contributed by atoms with Crippen LogP contribution in [0.25, 0.3) is 0 Å². The van der Waals surface area contributed by atoms with Crippen LogP contribution in [0.4, 0.5) is 35.1 Å². The average Bonchev–Trinajstić information content (AvgIpc) is 1.51. The zero-order chi connectivity index (χ0) is 71.0. The number of hydrogen-bond acceptors (Lipinski definition) is 24. The number of rotatable bonds is 17. The number of esters is 3. The number of ether oxygens (including phenoxy) is 3. The molecule has 26 nitrogen and oxygen atoms in total. The van der Waals surface area contributed by atoms with Crippen LogP contribution in [0.1, 0.15) is 69.1 Å². The van der Waals surface area contributed by atoms with Crippen LogP contribution in [0, 0.1) is 46.5 Å². The molecule has 6 aliphatic heterocycles. The molecular weight excluding hydrogens is 1430 g/mol. The Morgan fingerprint density at radius 3 is 1.19 bits per heavy atom. The van der Waals surface area contributed by atoms with Crippen LogP contribution in [0.3, 0.4) is 0 Å². The second-order valence-corrected chi connectivity index (χ2v) is 30.0. The van der Waals surface area contributed by atoms with Crippen molar-refractivity contribution < 1.29 is 89.0 Å². The van der Waals surface area contributed by atoms with E-state index in [1.165, 1.54) is 80.7 Å². The average molecular weight is 1490 g/mol. The molecule has 0 spiro atoms. The molecule has 6 aliphatic rings. The fourth-order valence-corrected chi connectivity index (χ4v) is 15.6. The van der Waals surface area contributed by atoms with Crippen LogP contribution in [0.2, 0.25) is 0 Å². The molecule has 0 unspecified atom stereocenters. The maximum atomic E-state index is 14.8. The minimum Gasteiger partial charge on any atom is -0.466 e. The molecule has 3 aromatic carbocycles. The van der Waals surface area contributed by atoms with Crippen LogP contribution < -0.4 is 18.9 Å². The lowest BCUT2D eigenvalue weighted by atomic mass is 9.94. The third-order valence-electron chi connectivity index (χ3n) is 15.6. The van der Waals surface area contributed by atoms with Crippen LogP contribution in [-0.2, 0) is 59.0 Å². The molecule has 0 amide bonds. The lowest BCUT2D eigenvalue weighted by Crippen LogP contribution is -2.44. The molecule has 0 radical (unpaired) electrons. The molecule has 6 aromatic rings. The fourth-order valence-electron chi connectivity index (χ4n) is 11.4. The first kappa shape index (κ1) is 72.4. The van der Waals surface area contributed by atoms with Crippen molar-refractivity contribution in [3.63, 3.8) is 0 Å². The highest BCUT2D eigenvalue weighted by molar-refractivity contribution is 7.88. The number of sulfonamides is 1. The number of methoxy groups -OCH3 is 3. The van der Waals surface area contributed by atoms with Crippen LogP contribution in [-0.4, -0.2) is 181 Å². The third kappa shape index (κ3) is 15.0. The number of aromatic nitrogens is 3. The van der Waals surface area contributed by atoms with Crippen molar-refractivity contribution in [2.45, 2.75) is 55.5 Å². The third-order valence-corrected chi connectivity index (χ3v) is 21.5. The van der Waals surface area contributed by atoms with E-state index in [0.717, 1.165) is 61.2 Å². The van der Waals surface area contributed by atoms with Gasteiger partial charge >= 0.3 is 17.9 Å². The van der Waals surface area contributed by atoms with E-state index in [-0.39, 0.29) is 84.0 Å². The van der Waals surface area contributed by atoms with E-state index in [2.05, 4.69) is 48.8 Å². The number of hydrogen-bond donors (Lipinski definition) is 4. The van der Waals surface area contributed by atoms with Gasteiger partial charge in [-0.1, -0.05) is 18.2 Å². The number of nitrogens with zero attached hydrogens (tertiary/aromatic N) is 10. The summed E-state index contributed by atoms with van der Waals surface area (Å²) in [7, 11) is -3.71. The van der Waals surface area contributed by atoms with Crippen LogP contribution >= 0.6 is 34.0 Å². The highest BCUT2D eigenvalue weighted by Gasteiger charge is 2.47. The molecule has 522 valence electrons. The van der Waals surface area contributed by atoms with Crippen LogP contribution in [0.5, 0.6) is 0 Å². The van der Waals surface area contributed by atoms with E-state index in [4.69, 9.17) is 14.2 Å². The Balaban J connectivity index is 0.000000159. The van der Waals surface area contributed by atoms with Gasteiger partial charge in [-0.15, -0.1) is 34.0 Å². The first-order valence-electron chi connectivity index (χ1n) is 28.7. The van der Waals surface area contributed by atoms with Crippen LogP contribution in [0.15, 0.2) is 126 Å². The highest BCUT2D eigenvalue weighted by atomic mass is 32.2. The number of aliphatic imine (C=N–C) groups is 3. The summed E-state index contributed by atoms with van der Waals surface area (Å²) >= 11 is 3.74. The van der Waals surface area contributed by atoms with Gasteiger partial charge in [0.15, 0.2) is 67.4 Å². The van der Waals surface area contributed by atoms with E-state index in [1.807, 2.05) is 0 Å². The lowest BCUT2D eigenvalue weighted by molar-refractivity contribution is -0.137. The number of carbonyl (C=O) groups is 3. The molecule has 0 aliphatic carbocycles. The molecule has 3 aromatic heterocycles. The SMILES string of the molecule is CNS(=O)(=O)N[C@H]1CC2=C(C(=O)OC)[C@H](c3ccc(F)c(F)c3F)N=C(c3nccs3)N2C1.COC(=O)C1=C2C[C@H](NS(=O)(=O)N(C)C)CN2C(c2nccs2)=N[C@H]1c1ccc(F)c(F)c1F.COC(=O)C1=C2C[C@H](NS(C)(=O)=O)CN2C(c2nccs2)=N[C@H]1c1ccc(F)cc1F. The molecule has 9 heterocycles. The van der Waals surface area contributed by atoms with Gasteiger partial charge in [-0.25, -0.2) is 82.3 Å². The van der Waals surface area contributed by atoms with E-state index in [9.17, 15) is 74.8 Å². The second kappa shape index (κ2) is 29.2. The number of benzene rings is 3. The second-order valence-electron chi connectivity index (χ2n) is 22.0. The zero-order valence-corrected chi connectivity index (χ0v) is 57.0. The lowest BCUT2D eigenvalue weighted by Gasteiger charge is -2.31. The molecule has 0 saturated carbocycles. The topological polar surface area (TPSA) is 318 Å².